The van der Waals surface area contributed by atoms with Gasteiger partial charge in [0, 0.05) is 5.56 Å². The Labute approximate surface area is 162 Å². The highest BCUT2D eigenvalue weighted by molar-refractivity contribution is 8.27. The summed E-state index contributed by atoms with van der Waals surface area (Å²) in [7, 11) is 0. The molecule has 1 heterocycles. The maximum absolute atomic E-state index is 12.7. The molecule has 0 radical (unpaired) electrons. The van der Waals surface area contributed by atoms with E-state index in [1.807, 2.05) is 18.2 Å². The monoisotopic (exact) mass is 415 g/mol. The van der Waals surface area contributed by atoms with E-state index < -0.39 is 0 Å². The van der Waals surface area contributed by atoms with Crippen LogP contribution in [0.25, 0.3) is 6.08 Å². The molecule has 0 bridgehead atoms. The lowest BCUT2D eigenvalue weighted by Gasteiger charge is -2.13. The van der Waals surface area contributed by atoms with Crippen molar-refractivity contribution in [2.75, 3.05) is 4.90 Å². The fourth-order valence-electron chi connectivity index (χ4n) is 2.13. The van der Waals surface area contributed by atoms with E-state index in [1.165, 1.54) is 17.0 Å². The average Bonchev–Trinajstić information content (AvgIpc) is 2.84. The molecule has 122 valence electrons. The van der Waals surface area contributed by atoms with Gasteiger partial charge >= 0.3 is 0 Å². The lowest BCUT2D eigenvalue weighted by atomic mass is 10.2. The van der Waals surface area contributed by atoms with Crippen molar-refractivity contribution in [2.45, 2.75) is 0 Å². The second kappa shape index (κ2) is 6.94. The Morgan fingerprint density at radius 2 is 1.79 bits per heavy atom. The summed E-state index contributed by atoms with van der Waals surface area (Å²) in [5.74, 6) is -0.565. The Morgan fingerprint density at radius 3 is 2.46 bits per heavy atom. The number of hydrogen-bond donors (Lipinski definition) is 1. The third kappa shape index (κ3) is 3.15. The predicted octanol–water partition coefficient (Wildman–Crippen LogP) is 5.76. The van der Waals surface area contributed by atoms with Gasteiger partial charge in [0.05, 0.1) is 25.7 Å². The van der Waals surface area contributed by atoms with Crippen LogP contribution >= 0.6 is 58.8 Å². The molecule has 1 fully saturated rings. The van der Waals surface area contributed by atoms with Crippen molar-refractivity contribution in [3.63, 3.8) is 0 Å². The molecule has 2 aromatic carbocycles. The van der Waals surface area contributed by atoms with Gasteiger partial charge in [-0.15, -0.1) is 0 Å². The Kier molecular flexibility index (Phi) is 5.08. The van der Waals surface area contributed by atoms with Gasteiger partial charge in [0.25, 0.3) is 5.91 Å². The molecule has 1 saturated heterocycles. The number of amides is 1. The lowest BCUT2D eigenvalue weighted by Crippen LogP contribution is -2.27. The lowest BCUT2D eigenvalue weighted by molar-refractivity contribution is -0.113. The fraction of sp³-hybridized carbons (Fsp3) is 0. The zero-order chi connectivity index (χ0) is 17.4. The Hall–Kier alpha value is -1.24. The summed E-state index contributed by atoms with van der Waals surface area (Å²) in [6.45, 7) is 0. The second-order valence-corrected chi connectivity index (χ2v) is 7.64. The van der Waals surface area contributed by atoms with Crippen LogP contribution in [0.5, 0.6) is 5.75 Å². The summed E-state index contributed by atoms with van der Waals surface area (Å²) < 4.78 is 0.405. The standard InChI is InChI=1S/C16H8Cl3NO2S2/c17-10-7-11(18)14(21)13(19)9(10)6-12-15(22)20(16(23)24-12)8-4-2-1-3-5-8/h1-7,21H/b12-6+. The first kappa shape index (κ1) is 17.6. The molecule has 0 unspecified atom stereocenters. The van der Waals surface area contributed by atoms with Crippen molar-refractivity contribution < 1.29 is 9.90 Å². The van der Waals surface area contributed by atoms with Gasteiger partial charge in [0.1, 0.15) is 0 Å². The molecule has 0 spiro atoms. The van der Waals surface area contributed by atoms with Gasteiger partial charge in [-0.2, -0.15) is 0 Å². The quantitative estimate of drug-likeness (QED) is 0.499. The SMILES string of the molecule is O=C1/C(=C\c2c(Cl)cc(Cl)c(O)c2Cl)SC(=S)N1c1ccccc1. The largest absolute Gasteiger partial charge is 0.505 e. The van der Waals surface area contributed by atoms with Crippen molar-refractivity contribution in [3.05, 3.63) is 61.9 Å². The van der Waals surface area contributed by atoms with E-state index in [2.05, 4.69) is 0 Å². The number of carbonyl (C=O) groups is 1. The first-order valence-corrected chi connectivity index (χ1v) is 8.95. The molecule has 0 atom stereocenters. The molecular weight excluding hydrogens is 409 g/mol. The van der Waals surface area contributed by atoms with Crippen LogP contribution in [0.3, 0.4) is 0 Å². The molecule has 24 heavy (non-hydrogen) atoms. The number of rotatable bonds is 2. The third-order valence-corrected chi connectivity index (χ3v) is 5.55. The second-order valence-electron chi connectivity index (χ2n) is 4.77. The molecule has 0 aliphatic carbocycles. The van der Waals surface area contributed by atoms with E-state index in [9.17, 15) is 9.90 Å². The van der Waals surface area contributed by atoms with E-state index in [0.29, 0.717) is 20.5 Å². The van der Waals surface area contributed by atoms with Crippen LogP contribution in [0.1, 0.15) is 5.56 Å². The highest BCUT2D eigenvalue weighted by Crippen LogP contribution is 2.42. The number of nitrogens with zero attached hydrogens (tertiary/aromatic N) is 1. The summed E-state index contributed by atoms with van der Waals surface area (Å²) in [5, 5.41) is 10.1. The third-order valence-electron chi connectivity index (χ3n) is 3.26. The number of thiocarbonyl (C=S) groups is 1. The minimum atomic E-state index is -0.285. The van der Waals surface area contributed by atoms with Crippen molar-refractivity contribution >= 4 is 80.8 Å². The number of para-hydroxylation sites is 1. The van der Waals surface area contributed by atoms with Gasteiger partial charge in [-0.1, -0.05) is 77.0 Å². The molecule has 1 N–H and O–H groups in total. The maximum Gasteiger partial charge on any atom is 0.270 e. The Morgan fingerprint density at radius 1 is 1.12 bits per heavy atom. The van der Waals surface area contributed by atoms with Gasteiger partial charge in [0.2, 0.25) is 0 Å². The number of phenols is 1. The van der Waals surface area contributed by atoms with Crippen LogP contribution in [0.2, 0.25) is 15.1 Å². The minimum Gasteiger partial charge on any atom is -0.505 e. The number of carbonyl (C=O) groups excluding carboxylic acids is 1. The van der Waals surface area contributed by atoms with E-state index in [-0.39, 0.29) is 26.7 Å². The Balaban J connectivity index is 2.03. The summed E-state index contributed by atoms with van der Waals surface area (Å²) in [6, 6.07) is 10.5. The number of aromatic hydroxyl groups is 1. The van der Waals surface area contributed by atoms with Crippen LogP contribution in [0, 0.1) is 0 Å². The zero-order valence-electron chi connectivity index (χ0n) is 11.8. The first-order chi connectivity index (χ1) is 11.4. The van der Waals surface area contributed by atoms with E-state index in [1.54, 1.807) is 12.1 Å². The molecule has 8 heteroatoms. The van der Waals surface area contributed by atoms with Gasteiger partial charge in [-0.25, -0.2) is 0 Å². The van der Waals surface area contributed by atoms with Crippen molar-refractivity contribution in [1.82, 2.24) is 0 Å². The summed E-state index contributed by atoms with van der Waals surface area (Å²) in [4.78, 5) is 14.5. The molecule has 2 aromatic rings. The normalized spacial score (nSPS) is 16.3. The molecule has 1 amide bonds. The molecule has 0 aromatic heterocycles. The van der Waals surface area contributed by atoms with Crippen molar-refractivity contribution in [1.29, 1.82) is 0 Å². The number of anilines is 1. The number of halogens is 3. The van der Waals surface area contributed by atoms with Crippen molar-refractivity contribution in [2.24, 2.45) is 0 Å². The number of benzene rings is 2. The summed E-state index contributed by atoms with van der Waals surface area (Å²) in [6.07, 6.45) is 1.50. The topological polar surface area (TPSA) is 40.5 Å². The van der Waals surface area contributed by atoms with Crippen molar-refractivity contribution in [3.8, 4) is 5.75 Å². The van der Waals surface area contributed by atoms with Gasteiger partial charge < -0.3 is 5.11 Å². The molecule has 3 nitrogen and oxygen atoms in total. The predicted molar refractivity (Wildman–Crippen MR) is 105 cm³/mol. The minimum absolute atomic E-state index is 0.0162. The fourth-order valence-corrected chi connectivity index (χ4v) is 4.28. The summed E-state index contributed by atoms with van der Waals surface area (Å²) >= 11 is 24.5. The average molecular weight is 417 g/mol. The molecule has 3 rings (SSSR count). The molecule has 1 aliphatic heterocycles. The molecule has 1 aliphatic rings. The van der Waals surface area contributed by atoms with Crippen LogP contribution in [-0.2, 0) is 4.79 Å². The first-order valence-electron chi connectivity index (χ1n) is 6.59. The summed E-state index contributed by atoms with van der Waals surface area (Å²) in [5.41, 5.74) is 0.994. The van der Waals surface area contributed by atoms with Crippen LogP contribution in [0.15, 0.2) is 41.3 Å². The highest BCUT2D eigenvalue weighted by Gasteiger charge is 2.33. The number of phenolic OH excluding ortho intramolecular Hbond substituents is 1. The number of thioether (sulfide) groups is 1. The number of hydrogen-bond acceptors (Lipinski definition) is 4. The molecular formula is C16H8Cl3NO2S2. The Bertz CT molecular complexity index is 885. The maximum atomic E-state index is 12.7. The molecule has 0 saturated carbocycles. The van der Waals surface area contributed by atoms with Gasteiger partial charge in [-0.3, -0.25) is 9.69 Å². The van der Waals surface area contributed by atoms with Gasteiger partial charge in [-0.05, 0) is 24.3 Å². The smallest absolute Gasteiger partial charge is 0.270 e. The van der Waals surface area contributed by atoms with Crippen LogP contribution in [-0.4, -0.2) is 15.3 Å². The van der Waals surface area contributed by atoms with E-state index in [4.69, 9.17) is 47.0 Å². The van der Waals surface area contributed by atoms with Crippen LogP contribution in [0.4, 0.5) is 5.69 Å². The van der Waals surface area contributed by atoms with E-state index in [0.717, 1.165) is 11.8 Å². The van der Waals surface area contributed by atoms with E-state index >= 15 is 0 Å². The zero-order valence-corrected chi connectivity index (χ0v) is 15.7. The van der Waals surface area contributed by atoms with Crippen LogP contribution < -0.4 is 4.90 Å². The highest BCUT2D eigenvalue weighted by atomic mass is 35.5. The van der Waals surface area contributed by atoms with Gasteiger partial charge in [0.15, 0.2) is 10.1 Å².